The Morgan fingerprint density at radius 1 is 1.35 bits per heavy atom. The van der Waals surface area contributed by atoms with Gasteiger partial charge in [0, 0.05) is 31.4 Å². The SMILES string of the molecule is Cn1cc(Br)c(N[C@H]2CC[C@H](NC(=O)O)CC2)cc1=O. The third-order valence-electron chi connectivity index (χ3n) is 3.59. The van der Waals surface area contributed by atoms with Crippen LogP contribution in [0.5, 0.6) is 0 Å². The molecule has 0 unspecified atom stereocenters. The molecule has 1 heterocycles. The summed E-state index contributed by atoms with van der Waals surface area (Å²) in [4.78, 5) is 22.2. The van der Waals surface area contributed by atoms with E-state index < -0.39 is 6.09 Å². The van der Waals surface area contributed by atoms with Crippen LogP contribution in [0, 0.1) is 0 Å². The van der Waals surface area contributed by atoms with Crippen molar-refractivity contribution in [2.24, 2.45) is 7.05 Å². The van der Waals surface area contributed by atoms with Gasteiger partial charge in [0.15, 0.2) is 0 Å². The van der Waals surface area contributed by atoms with Crippen molar-refractivity contribution in [3.63, 3.8) is 0 Å². The van der Waals surface area contributed by atoms with E-state index in [4.69, 9.17) is 5.11 Å². The Morgan fingerprint density at radius 2 is 1.95 bits per heavy atom. The van der Waals surface area contributed by atoms with Crippen LogP contribution in [0.2, 0.25) is 0 Å². The van der Waals surface area contributed by atoms with Gasteiger partial charge in [0.05, 0.1) is 10.2 Å². The third kappa shape index (κ3) is 3.75. The first-order chi connectivity index (χ1) is 9.45. The van der Waals surface area contributed by atoms with Gasteiger partial charge in [0.1, 0.15) is 0 Å². The summed E-state index contributed by atoms with van der Waals surface area (Å²) in [6.45, 7) is 0. The highest BCUT2D eigenvalue weighted by molar-refractivity contribution is 9.10. The molecule has 1 saturated carbocycles. The number of aromatic nitrogens is 1. The molecule has 1 aliphatic rings. The van der Waals surface area contributed by atoms with Gasteiger partial charge in [-0.3, -0.25) is 4.79 Å². The molecule has 7 heteroatoms. The summed E-state index contributed by atoms with van der Waals surface area (Å²) in [5.41, 5.74) is 0.736. The van der Waals surface area contributed by atoms with E-state index in [9.17, 15) is 9.59 Å². The average Bonchev–Trinajstić information content (AvgIpc) is 2.37. The topological polar surface area (TPSA) is 83.4 Å². The number of pyridine rings is 1. The number of hydrogen-bond acceptors (Lipinski definition) is 3. The van der Waals surface area contributed by atoms with Crippen molar-refractivity contribution in [1.82, 2.24) is 9.88 Å². The Balaban J connectivity index is 1.94. The van der Waals surface area contributed by atoms with Crippen LogP contribution in [0.25, 0.3) is 0 Å². The highest BCUT2D eigenvalue weighted by Crippen LogP contribution is 2.25. The number of amides is 1. The number of rotatable bonds is 3. The highest BCUT2D eigenvalue weighted by Gasteiger charge is 2.22. The second-order valence-electron chi connectivity index (χ2n) is 5.13. The van der Waals surface area contributed by atoms with Gasteiger partial charge in [-0.1, -0.05) is 0 Å². The predicted molar refractivity (Wildman–Crippen MR) is 80.2 cm³/mol. The van der Waals surface area contributed by atoms with Gasteiger partial charge in [-0.15, -0.1) is 0 Å². The molecule has 0 atom stereocenters. The number of nitrogens with one attached hydrogen (secondary N) is 2. The summed E-state index contributed by atoms with van der Waals surface area (Å²) < 4.78 is 2.37. The van der Waals surface area contributed by atoms with E-state index in [1.807, 2.05) is 0 Å². The first-order valence-corrected chi connectivity index (χ1v) is 7.37. The maximum atomic E-state index is 11.6. The van der Waals surface area contributed by atoms with Crippen molar-refractivity contribution < 1.29 is 9.90 Å². The second-order valence-corrected chi connectivity index (χ2v) is 5.98. The summed E-state index contributed by atoms with van der Waals surface area (Å²) in [5, 5.41) is 14.6. The minimum absolute atomic E-state index is 0.0395. The van der Waals surface area contributed by atoms with Gasteiger partial charge in [-0.2, -0.15) is 0 Å². The molecule has 1 fully saturated rings. The number of halogens is 1. The normalized spacial score (nSPS) is 22.3. The molecule has 0 bridgehead atoms. The number of carboxylic acid groups (broad SMARTS) is 1. The van der Waals surface area contributed by atoms with Crippen molar-refractivity contribution in [2.45, 2.75) is 37.8 Å². The molecular weight excluding hydrogens is 326 g/mol. The van der Waals surface area contributed by atoms with E-state index in [-0.39, 0.29) is 17.6 Å². The van der Waals surface area contributed by atoms with E-state index in [1.54, 1.807) is 19.3 Å². The molecule has 0 saturated heterocycles. The highest BCUT2D eigenvalue weighted by atomic mass is 79.9. The molecule has 1 amide bonds. The molecule has 0 aromatic carbocycles. The van der Waals surface area contributed by atoms with Crippen LogP contribution >= 0.6 is 15.9 Å². The lowest BCUT2D eigenvalue weighted by Crippen LogP contribution is -2.39. The molecule has 0 aliphatic heterocycles. The van der Waals surface area contributed by atoms with Gasteiger partial charge in [-0.25, -0.2) is 4.79 Å². The van der Waals surface area contributed by atoms with Crippen LogP contribution in [0.1, 0.15) is 25.7 Å². The quantitative estimate of drug-likeness (QED) is 0.785. The van der Waals surface area contributed by atoms with Gasteiger partial charge in [0.2, 0.25) is 0 Å². The van der Waals surface area contributed by atoms with Gasteiger partial charge < -0.3 is 20.3 Å². The minimum Gasteiger partial charge on any atom is -0.465 e. The molecule has 3 N–H and O–H groups in total. The molecule has 1 aromatic rings. The van der Waals surface area contributed by atoms with Crippen molar-refractivity contribution in [3.8, 4) is 0 Å². The summed E-state index contributed by atoms with van der Waals surface area (Å²) in [6, 6.07) is 1.88. The average molecular weight is 344 g/mol. The molecule has 1 aromatic heterocycles. The first kappa shape index (κ1) is 14.9. The van der Waals surface area contributed by atoms with Gasteiger partial charge in [0.25, 0.3) is 5.56 Å². The van der Waals surface area contributed by atoms with Crippen LogP contribution in [-0.4, -0.2) is 27.9 Å². The zero-order valence-electron chi connectivity index (χ0n) is 11.2. The Kier molecular flexibility index (Phi) is 4.69. The number of hydrogen-bond donors (Lipinski definition) is 3. The minimum atomic E-state index is -0.962. The zero-order valence-corrected chi connectivity index (χ0v) is 12.8. The summed E-state index contributed by atoms with van der Waals surface area (Å²) >= 11 is 3.44. The molecular formula is C13H18BrN3O3. The smallest absolute Gasteiger partial charge is 0.404 e. The van der Waals surface area contributed by atoms with E-state index in [1.165, 1.54) is 4.57 Å². The van der Waals surface area contributed by atoms with Crippen molar-refractivity contribution >= 4 is 27.7 Å². The van der Waals surface area contributed by atoms with Gasteiger partial charge in [-0.05, 0) is 41.6 Å². The fraction of sp³-hybridized carbons (Fsp3) is 0.538. The van der Waals surface area contributed by atoms with Crippen LogP contribution in [0.4, 0.5) is 10.5 Å². The number of anilines is 1. The van der Waals surface area contributed by atoms with E-state index in [2.05, 4.69) is 26.6 Å². The summed E-state index contributed by atoms with van der Waals surface area (Å²) in [7, 11) is 1.71. The summed E-state index contributed by atoms with van der Waals surface area (Å²) in [5.74, 6) is 0. The van der Waals surface area contributed by atoms with Crippen LogP contribution in [0.3, 0.4) is 0 Å². The molecule has 0 radical (unpaired) electrons. The van der Waals surface area contributed by atoms with E-state index in [0.717, 1.165) is 35.8 Å². The largest absolute Gasteiger partial charge is 0.465 e. The molecule has 0 spiro atoms. The fourth-order valence-electron chi connectivity index (χ4n) is 2.48. The number of carbonyl (C=O) groups is 1. The lowest BCUT2D eigenvalue weighted by atomic mass is 9.91. The predicted octanol–water partition coefficient (Wildman–Crippen LogP) is 2.14. The molecule has 20 heavy (non-hydrogen) atoms. The maximum Gasteiger partial charge on any atom is 0.404 e. The lowest BCUT2D eigenvalue weighted by molar-refractivity contribution is 0.185. The Morgan fingerprint density at radius 3 is 2.55 bits per heavy atom. The fourth-order valence-corrected chi connectivity index (χ4v) is 3.02. The first-order valence-electron chi connectivity index (χ1n) is 6.58. The van der Waals surface area contributed by atoms with Crippen molar-refractivity contribution in [2.75, 3.05) is 5.32 Å². The Bertz CT molecular complexity index is 550. The van der Waals surface area contributed by atoms with Gasteiger partial charge >= 0.3 is 6.09 Å². The van der Waals surface area contributed by atoms with Crippen molar-refractivity contribution in [3.05, 3.63) is 27.1 Å². The Hall–Kier alpha value is -1.50. The van der Waals surface area contributed by atoms with Crippen LogP contribution in [0.15, 0.2) is 21.5 Å². The second kappa shape index (κ2) is 6.30. The third-order valence-corrected chi connectivity index (χ3v) is 4.23. The molecule has 6 nitrogen and oxygen atoms in total. The standard InChI is InChI=1S/C13H18BrN3O3/c1-17-7-10(14)11(6-12(17)18)15-8-2-4-9(5-3-8)16-13(19)20/h6-9,15-16H,2-5H2,1H3,(H,19,20)/t8-,9-. The van der Waals surface area contributed by atoms with Crippen LogP contribution < -0.4 is 16.2 Å². The number of aryl methyl sites for hydroxylation is 1. The molecule has 110 valence electrons. The van der Waals surface area contributed by atoms with E-state index in [0.29, 0.717) is 0 Å². The maximum absolute atomic E-state index is 11.6. The zero-order chi connectivity index (χ0) is 14.7. The van der Waals surface area contributed by atoms with Crippen LogP contribution in [-0.2, 0) is 7.05 Å². The number of nitrogens with zero attached hydrogens (tertiary/aromatic N) is 1. The van der Waals surface area contributed by atoms with Crippen molar-refractivity contribution in [1.29, 1.82) is 0 Å². The Labute approximate surface area is 125 Å². The summed E-state index contributed by atoms with van der Waals surface area (Å²) in [6.07, 6.45) is 4.16. The molecule has 2 rings (SSSR count). The monoisotopic (exact) mass is 343 g/mol. The van der Waals surface area contributed by atoms with E-state index >= 15 is 0 Å². The molecule has 1 aliphatic carbocycles. The lowest BCUT2D eigenvalue weighted by Gasteiger charge is -2.29.